The first-order valence-corrected chi connectivity index (χ1v) is 5.89. The molecular formula is C11H13BrClF2NO3. The SMILES string of the molecule is CCOC(=O)C(F)(F)[C@@H](N)c1ccc(O)c(Br)c1.Cl. The minimum atomic E-state index is -3.83. The van der Waals surface area contributed by atoms with Gasteiger partial charge in [0.05, 0.1) is 11.1 Å². The molecule has 0 amide bonds. The number of carbonyl (C=O) groups excluding carboxylic acids is 1. The lowest BCUT2D eigenvalue weighted by atomic mass is 10.0. The molecule has 4 nitrogen and oxygen atoms in total. The van der Waals surface area contributed by atoms with Crippen molar-refractivity contribution in [3.63, 3.8) is 0 Å². The Kier molecular flexibility index (Phi) is 6.68. The molecule has 0 saturated carbocycles. The van der Waals surface area contributed by atoms with Gasteiger partial charge in [0.2, 0.25) is 0 Å². The van der Waals surface area contributed by atoms with Crippen LogP contribution in [0, 0.1) is 0 Å². The summed E-state index contributed by atoms with van der Waals surface area (Å²) in [5, 5.41) is 9.25. The van der Waals surface area contributed by atoms with Crippen LogP contribution in [0.1, 0.15) is 18.5 Å². The van der Waals surface area contributed by atoms with Crippen molar-refractivity contribution >= 4 is 34.3 Å². The summed E-state index contributed by atoms with van der Waals surface area (Å²) < 4.78 is 31.8. The Morgan fingerprint density at radius 2 is 2.16 bits per heavy atom. The summed E-state index contributed by atoms with van der Waals surface area (Å²) in [7, 11) is 0. The van der Waals surface area contributed by atoms with Gasteiger partial charge >= 0.3 is 11.9 Å². The molecule has 1 aromatic rings. The molecule has 0 fully saturated rings. The Morgan fingerprint density at radius 1 is 1.58 bits per heavy atom. The highest BCUT2D eigenvalue weighted by molar-refractivity contribution is 9.10. The Balaban J connectivity index is 0.00000324. The van der Waals surface area contributed by atoms with Crippen LogP contribution in [-0.4, -0.2) is 23.6 Å². The average Bonchev–Trinajstić information content (AvgIpc) is 2.32. The molecule has 1 rings (SSSR count). The van der Waals surface area contributed by atoms with Crippen molar-refractivity contribution in [1.82, 2.24) is 0 Å². The number of aromatic hydroxyl groups is 1. The highest BCUT2D eigenvalue weighted by Crippen LogP contribution is 2.34. The number of alkyl halides is 2. The van der Waals surface area contributed by atoms with Crippen molar-refractivity contribution < 1.29 is 23.4 Å². The summed E-state index contributed by atoms with van der Waals surface area (Å²) in [4.78, 5) is 11.1. The van der Waals surface area contributed by atoms with Crippen LogP contribution in [0.5, 0.6) is 5.75 Å². The number of phenols is 1. The van der Waals surface area contributed by atoms with Gasteiger partial charge in [-0.05, 0) is 40.5 Å². The maximum Gasteiger partial charge on any atom is 0.379 e. The van der Waals surface area contributed by atoms with Crippen LogP contribution in [0.4, 0.5) is 8.78 Å². The second kappa shape index (κ2) is 7.02. The van der Waals surface area contributed by atoms with Gasteiger partial charge in [-0.15, -0.1) is 12.4 Å². The molecule has 3 N–H and O–H groups in total. The molecule has 0 heterocycles. The van der Waals surface area contributed by atoms with E-state index in [2.05, 4.69) is 20.7 Å². The van der Waals surface area contributed by atoms with Crippen molar-refractivity contribution in [2.45, 2.75) is 18.9 Å². The second-order valence-electron chi connectivity index (χ2n) is 3.53. The van der Waals surface area contributed by atoms with Gasteiger partial charge in [-0.2, -0.15) is 8.78 Å². The van der Waals surface area contributed by atoms with E-state index in [9.17, 15) is 18.7 Å². The molecule has 0 aliphatic rings. The van der Waals surface area contributed by atoms with Crippen molar-refractivity contribution in [3.05, 3.63) is 28.2 Å². The zero-order valence-electron chi connectivity index (χ0n) is 9.90. The number of phenolic OH excluding ortho intramolecular Hbond substituents is 1. The van der Waals surface area contributed by atoms with Gasteiger partial charge in [0.15, 0.2) is 0 Å². The lowest BCUT2D eigenvalue weighted by Crippen LogP contribution is -2.41. The van der Waals surface area contributed by atoms with E-state index in [1.165, 1.54) is 25.1 Å². The number of carbonyl (C=O) groups is 1. The van der Waals surface area contributed by atoms with Crippen LogP contribution < -0.4 is 5.73 Å². The molecule has 8 heteroatoms. The van der Waals surface area contributed by atoms with Crippen LogP contribution >= 0.6 is 28.3 Å². The van der Waals surface area contributed by atoms with Crippen molar-refractivity contribution in [1.29, 1.82) is 0 Å². The normalized spacial score (nSPS) is 12.5. The first-order valence-electron chi connectivity index (χ1n) is 5.09. The van der Waals surface area contributed by atoms with Crippen LogP contribution in [0.25, 0.3) is 0 Å². The summed E-state index contributed by atoms with van der Waals surface area (Å²) in [6.45, 7) is 1.27. The highest BCUT2D eigenvalue weighted by Gasteiger charge is 2.47. The van der Waals surface area contributed by atoms with E-state index in [4.69, 9.17) is 5.73 Å². The molecule has 0 aliphatic heterocycles. The van der Waals surface area contributed by atoms with Crippen LogP contribution in [-0.2, 0) is 9.53 Å². The summed E-state index contributed by atoms with van der Waals surface area (Å²) >= 11 is 2.98. The maximum atomic E-state index is 13.6. The predicted octanol–water partition coefficient (Wildman–Crippen LogP) is 2.77. The van der Waals surface area contributed by atoms with Gasteiger partial charge in [-0.25, -0.2) is 4.79 Å². The molecule has 19 heavy (non-hydrogen) atoms. The number of esters is 1. The largest absolute Gasteiger partial charge is 0.507 e. The maximum absolute atomic E-state index is 13.6. The molecule has 0 spiro atoms. The minimum Gasteiger partial charge on any atom is -0.507 e. The molecule has 0 aliphatic carbocycles. The topological polar surface area (TPSA) is 72.5 Å². The standard InChI is InChI=1S/C11H12BrF2NO3.ClH/c1-2-18-10(17)11(13,14)9(15)6-3-4-8(16)7(12)5-6;/h3-5,9,16H,2,15H2,1H3;1H/t9-;/m0./s1. The Labute approximate surface area is 123 Å². The molecule has 1 aromatic carbocycles. The molecule has 0 aromatic heterocycles. The molecule has 0 saturated heterocycles. The van der Waals surface area contributed by atoms with E-state index in [0.717, 1.165) is 0 Å². The van der Waals surface area contributed by atoms with Crippen molar-refractivity contribution in [2.24, 2.45) is 5.73 Å². The van der Waals surface area contributed by atoms with Crippen LogP contribution in [0.3, 0.4) is 0 Å². The van der Waals surface area contributed by atoms with E-state index in [-0.39, 0.29) is 34.8 Å². The number of ether oxygens (including phenoxy) is 1. The van der Waals surface area contributed by atoms with Gasteiger partial charge in [0, 0.05) is 0 Å². The van der Waals surface area contributed by atoms with Crippen molar-refractivity contribution in [2.75, 3.05) is 6.61 Å². The molecule has 0 unspecified atom stereocenters. The van der Waals surface area contributed by atoms with Gasteiger partial charge in [0.25, 0.3) is 0 Å². The van der Waals surface area contributed by atoms with E-state index < -0.39 is 17.9 Å². The summed E-state index contributed by atoms with van der Waals surface area (Å²) in [6, 6.07) is 1.82. The number of benzene rings is 1. The van der Waals surface area contributed by atoms with Gasteiger partial charge in [-0.3, -0.25) is 0 Å². The average molecular weight is 361 g/mol. The Morgan fingerprint density at radius 3 is 2.63 bits per heavy atom. The van der Waals surface area contributed by atoms with E-state index >= 15 is 0 Å². The Hall–Kier alpha value is -0.920. The third-order valence-corrected chi connectivity index (χ3v) is 2.90. The van der Waals surface area contributed by atoms with E-state index in [1.54, 1.807) is 0 Å². The minimum absolute atomic E-state index is 0. The Bertz CT molecular complexity index is 460. The second-order valence-corrected chi connectivity index (χ2v) is 4.39. The lowest BCUT2D eigenvalue weighted by molar-refractivity contribution is -0.174. The first-order chi connectivity index (χ1) is 8.30. The number of hydrogen-bond acceptors (Lipinski definition) is 4. The number of hydrogen-bond donors (Lipinski definition) is 2. The molecule has 0 bridgehead atoms. The number of halogens is 4. The highest BCUT2D eigenvalue weighted by atomic mass is 79.9. The quantitative estimate of drug-likeness (QED) is 0.810. The zero-order chi connectivity index (χ0) is 13.9. The lowest BCUT2D eigenvalue weighted by Gasteiger charge is -2.22. The number of nitrogens with two attached hydrogens (primary N) is 1. The fourth-order valence-electron chi connectivity index (χ4n) is 1.28. The molecule has 0 radical (unpaired) electrons. The smallest absolute Gasteiger partial charge is 0.379 e. The zero-order valence-corrected chi connectivity index (χ0v) is 12.3. The van der Waals surface area contributed by atoms with Crippen LogP contribution in [0.15, 0.2) is 22.7 Å². The third kappa shape index (κ3) is 4.02. The molecule has 1 atom stereocenters. The molecular weight excluding hydrogens is 347 g/mol. The summed E-state index contributed by atoms with van der Waals surface area (Å²) in [5.74, 6) is -5.60. The number of rotatable bonds is 4. The van der Waals surface area contributed by atoms with Crippen LogP contribution in [0.2, 0.25) is 0 Å². The predicted molar refractivity (Wildman–Crippen MR) is 71.6 cm³/mol. The van der Waals surface area contributed by atoms with Gasteiger partial charge in [-0.1, -0.05) is 6.07 Å². The van der Waals surface area contributed by atoms with Gasteiger partial charge in [0.1, 0.15) is 11.8 Å². The first kappa shape index (κ1) is 18.1. The van der Waals surface area contributed by atoms with E-state index in [1.807, 2.05) is 0 Å². The van der Waals surface area contributed by atoms with Gasteiger partial charge < -0.3 is 15.6 Å². The third-order valence-electron chi connectivity index (χ3n) is 2.27. The summed E-state index contributed by atoms with van der Waals surface area (Å²) in [5.41, 5.74) is 5.38. The van der Waals surface area contributed by atoms with E-state index in [0.29, 0.717) is 0 Å². The summed E-state index contributed by atoms with van der Waals surface area (Å²) in [6.07, 6.45) is 0. The molecule has 108 valence electrons. The fourth-order valence-corrected chi connectivity index (χ4v) is 1.68. The fraction of sp³-hybridized carbons (Fsp3) is 0.364. The van der Waals surface area contributed by atoms with Crippen molar-refractivity contribution in [3.8, 4) is 5.75 Å². The monoisotopic (exact) mass is 359 g/mol.